The molecular weight excluding hydrogens is 276 g/mol. The Morgan fingerprint density at radius 3 is 2.75 bits per heavy atom. The number of carbonyl (C=O) groups is 1. The van der Waals surface area contributed by atoms with Crippen LogP contribution in [0.1, 0.15) is 12.7 Å². The van der Waals surface area contributed by atoms with E-state index in [0.717, 1.165) is 11.5 Å². The number of hydrogen-bond donors (Lipinski definition) is 2. The van der Waals surface area contributed by atoms with Gasteiger partial charge in [0.2, 0.25) is 0 Å². The Labute approximate surface area is 121 Å². The molecule has 20 heavy (non-hydrogen) atoms. The standard InChI is InChI=1S/C13H16N4O2S/c1-2-17-11(8-14-10-6-4-3-5-7-10)15-16-13(17)20-9-12(18)19/h3-7,14H,2,8-9H2,1H3,(H,18,19). The van der Waals surface area contributed by atoms with Crippen molar-refractivity contribution in [3.05, 3.63) is 36.2 Å². The Bertz CT molecular complexity index is 571. The molecule has 1 aromatic heterocycles. The first-order chi connectivity index (χ1) is 9.70. The molecule has 0 bridgehead atoms. The quantitative estimate of drug-likeness (QED) is 0.761. The summed E-state index contributed by atoms with van der Waals surface area (Å²) in [7, 11) is 0. The van der Waals surface area contributed by atoms with Crippen LogP contribution in [-0.2, 0) is 17.9 Å². The van der Waals surface area contributed by atoms with Gasteiger partial charge in [0.25, 0.3) is 0 Å². The van der Waals surface area contributed by atoms with E-state index >= 15 is 0 Å². The van der Waals surface area contributed by atoms with E-state index in [1.807, 2.05) is 41.8 Å². The summed E-state index contributed by atoms with van der Waals surface area (Å²) >= 11 is 1.18. The second kappa shape index (κ2) is 6.95. The van der Waals surface area contributed by atoms with Gasteiger partial charge in [-0.05, 0) is 19.1 Å². The van der Waals surface area contributed by atoms with Crippen LogP contribution in [-0.4, -0.2) is 31.6 Å². The van der Waals surface area contributed by atoms with E-state index in [9.17, 15) is 4.79 Å². The van der Waals surface area contributed by atoms with Gasteiger partial charge in [-0.15, -0.1) is 10.2 Å². The highest BCUT2D eigenvalue weighted by Gasteiger charge is 2.12. The normalized spacial score (nSPS) is 10.4. The Balaban J connectivity index is 2.02. The predicted octanol–water partition coefficient (Wildman–Crippen LogP) is 2.09. The van der Waals surface area contributed by atoms with Crippen molar-refractivity contribution in [1.29, 1.82) is 0 Å². The smallest absolute Gasteiger partial charge is 0.313 e. The van der Waals surface area contributed by atoms with Crippen LogP contribution in [0.4, 0.5) is 5.69 Å². The Morgan fingerprint density at radius 1 is 1.35 bits per heavy atom. The van der Waals surface area contributed by atoms with Gasteiger partial charge in [-0.1, -0.05) is 30.0 Å². The topological polar surface area (TPSA) is 80.0 Å². The molecule has 1 heterocycles. The first-order valence-corrected chi connectivity index (χ1v) is 7.25. The summed E-state index contributed by atoms with van der Waals surface area (Å²) < 4.78 is 1.92. The number of rotatable bonds is 7. The van der Waals surface area contributed by atoms with Crippen molar-refractivity contribution in [1.82, 2.24) is 14.8 Å². The highest BCUT2D eigenvalue weighted by molar-refractivity contribution is 7.99. The minimum absolute atomic E-state index is 0.00968. The summed E-state index contributed by atoms with van der Waals surface area (Å²) in [5.41, 5.74) is 1.01. The number of thioether (sulfide) groups is 1. The fourth-order valence-electron chi connectivity index (χ4n) is 1.74. The summed E-state index contributed by atoms with van der Waals surface area (Å²) in [6, 6.07) is 9.84. The molecule has 0 aliphatic carbocycles. The van der Waals surface area contributed by atoms with E-state index < -0.39 is 5.97 Å². The molecule has 0 saturated heterocycles. The number of nitrogens with one attached hydrogen (secondary N) is 1. The van der Waals surface area contributed by atoms with E-state index in [-0.39, 0.29) is 5.75 Å². The Morgan fingerprint density at radius 2 is 2.10 bits per heavy atom. The summed E-state index contributed by atoms with van der Waals surface area (Å²) in [6.07, 6.45) is 0. The fourth-order valence-corrected chi connectivity index (χ4v) is 2.48. The number of carboxylic acids is 1. The van der Waals surface area contributed by atoms with Gasteiger partial charge in [-0.25, -0.2) is 0 Å². The lowest BCUT2D eigenvalue weighted by molar-refractivity contribution is -0.133. The lowest BCUT2D eigenvalue weighted by atomic mass is 10.3. The van der Waals surface area contributed by atoms with E-state index in [1.54, 1.807) is 0 Å². The molecule has 106 valence electrons. The van der Waals surface area contributed by atoms with E-state index in [4.69, 9.17) is 5.11 Å². The fraction of sp³-hybridized carbons (Fsp3) is 0.308. The lowest BCUT2D eigenvalue weighted by Crippen LogP contribution is -2.09. The predicted molar refractivity (Wildman–Crippen MR) is 77.8 cm³/mol. The first-order valence-electron chi connectivity index (χ1n) is 6.26. The van der Waals surface area contributed by atoms with Crippen LogP contribution in [0.3, 0.4) is 0 Å². The maximum Gasteiger partial charge on any atom is 0.313 e. The third-order valence-corrected chi connectivity index (χ3v) is 3.61. The molecule has 0 aliphatic rings. The Hall–Kier alpha value is -2.02. The van der Waals surface area contributed by atoms with Crippen molar-refractivity contribution in [2.24, 2.45) is 0 Å². The molecule has 7 heteroatoms. The molecule has 0 aliphatic heterocycles. The minimum atomic E-state index is -0.857. The second-order valence-electron chi connectivity index (χ2n) is 4.05. The molecule has 0 fully saturated rings. The van der Waals surface area contributed by atoms with Crippen molar-refractivity contribution in [3.8, 4) is 0 Å². The molecule has 1 aromatic carbocycles. The molecule has 2 N–H and O–H groups in total. The zero-order valence-electron chi connectivity index (χ0n) is 11.1. The molecule has 0 spiro atoms. The van der Waals surface area contributed by atoms with Gasteiger partial charge < -0.3 is 15.0 Å². The zero-order valence-corrected chi connectivity index (χ0v) is 11.9. The van der Waals surface area contributed by atoms with Gasteiger partial charge in [0.15, 0.2) is 11.0 Å². The first kappa shape index (κ1) is 14.4. The molecular formula is C13H16N4O2S. The number of nitrogens with zero attached hydrogens (tertiary/aromatic N) is 3. The maximum atomic E-state index is 10.6. The van der Waals surface area contributed by atoms with Crippen LogP contribution in [0.15, 0.2) is 35.5 Å². The number of aromatic nitrogens is 3. The number of benzene rings is 1. The lowest BCUT2D eigenvalue weighted by Gasteiger charge is -2.08. The molecule has 0 atom stereocenters. The van der Waals surface area contributed by atoms with Gasteiger partial charge in [0.1, 0.15) is 0 Å². The average Bonchev–Trinajstić information content (AvgIpc) is 2.86. The number of hydrogen-bond acceptors (Lipinski definition) is 5. The van der Waals surface area contributed by atoms with Gasteiger partial charge in [0, 0.05) is 12.2 Å². The SMILES string of the molecule is CCn1c(CNc2ccccc2)nnc1SCC(=O)O. The highest BCUT2D eigenvalue weighted by Crippen LogP contribution is 2.17. The molecule has 2 aromatic rings. The van der Waals surface area contributed by atoms with Crippen LogP contribution in [0, 0.1) is 0 Å². The number of aliphatic carboxylic acids is 1. The molecule has 6 nitrogen and oxygen atoms in total. The summed E-state index contributed by atoms with van der Waals surface area (Å²) in [6.45, 7) is 3.25. The van der Waals surface area contributed by atoms with Crippen LogP contribution >= 0.6 is 11.8 Å². The van der Waals surface area contributed by atoms with Gasteiger partial charge in [-0.3, -0.25) is 4.79 Å². The summed E-state index contributed by atoms with van der Waals surface area (Å²) in [4.78, 5) is 10.6. The maximum absolute atomic E-state index is 10.6. The minimum Gasteiger partial charge on any atom is -0.481 e. The van der Waals surface area contributed by atoms with Gasteiger partial charge >= 0.3 is 5.97 Å². The van der Waals surface area contributed by atoms with Crippen molar-refractivity contribution >= 4 is 23.4 Å². The van der Waals surface area contributed by atoms with E-state index in [1.165, 1.54) is 11.8 Å². The van der Waals surface area contributed by atoms with Crippen LogP contribution in [0.25, 0.3) is 0 Å². The molecule has 0 saturated carbocycles. The average molecular weight is 292 g/mol. The van der Waals surface area contributed by atoms with Crippen molar-refractivity contribution in [2.45, 2.75) is 25.2 Å². The third-order valence-electron chi connectivity index (χ3n) is 2.66. The zero-order chi connectivity index (χ0) is 14.4. The molecule has 0 amide bonds. The molecule has 0 unspecified atom stereocenters. The van der Waals surface area contributed by atoms with Crippen molar-refractivity contribution in [2.75, 3.05) is 11.1 Å². The van der Waals surface area contributed by atoms with E-state index in [0.29, 0.717) is 18.2 Å². The van der Waals surface area contributed by atoms with Gasteiger partial charge in [0.05, 0.1) is 12.3 Å². The Kier molecular flexibility index (Phi) is 5.00. The molecule has 2 rings (SSSR count). The number of para-hydroxylation sites is 1. The summed E-state index contributed by atoms with van der Waals surface area (Å²) in [5.74, 6) is -0.0709. The van der Waals surface area contributed by atoms with Crippen molar-refractivity contribution in [3.63, 3.8) is 0 Å². The monoisotopic (exact) mass is 292 g/mol. The summed E-state index contributed by atoms with van der Waals surface area (Å²) in [5, 5.41) is 20.8. The van der Waals surface area contributed by atoms with Gasteiger partial charge in [-0.2, -0.15) is 0 Å². The largest absolute Gasteiger partial charge is 0.481 e. The number of carboxylic acid groups (broad SMARTS) is 1. The van der Waals surface area contributed by atoms with Crippen molar-refractivity contribution < 1.29 is 9.90 Å². The van der Waals surface area contributed by atoms with Crippen LogP contribution in [0.2, 0.25) is 0 Å². The molecule has 0 radical (unpaired) electrons. The van der Waals surface area contributed by atoms with E-state index in [2.05, 4.69) is 15.5 Å². The second-order valence-corrected chi connectivity index (χ2v) is 4.99. The number of anilines is 1. The third kappa shape index (κ3) is 3.74. The van der Waals surface area contributed by atoms with Crippen LogP contribution in [0.5, 0.6) is 0 Å². The highest BCUT2D eigenvalue weighted by atomic mass is 32.2. The van der Waals surface area contributed by atoms with Crippen LogP contribution < -0.4 is 5.32 Å².